The molecule has 1 atom stereocenters. The van der Waals surface area contributed by atoms with E-state index in [0.717, 1.165) is 36.1 Å². The number of aromatic nitrogens is 1. The second-order valence-electron chi connectivity index (χ2n) is 6.54. The molecule has 1 saturated heterocycles. The Labute approximate surface area is 163 Å². The lowest BCUT2D eigenvalue weighted by Gasteiger charge is -2.26. The van der Waals surface area contributed by atoms with Crippen LogP contribution < -0.4 is 15.6 Å². The number of nitrogens with zero attached hydrogens (tertiary/aromatic N) is 1. The summed E-state index contributed by atoms with van der Waals surface area (Å²) in [6.45, 7) is 2.01. The van der Waals surface area contributed by atoms with E-state index >= 15 is 0 Å². The third kappa shape index (κ3) is 4.97. The number of hydrogen-bond acceptors (Lipinski definition) is 5. The van der Waals surface area contributed by atoms with Gasteiger partial charge in [0.1, 0.15) is 5.75 Å². The van der Waals surface area contributed by atoms with E-state index < -0.39 is 0 Å². The van der Waals surface area contributed by atoms with Crippen molar-refractivity contribution in [1.29, 1.82) is 0 Å². The molecular formula is C19H25N3O4S. The van der Waals surface area contributed by atoms with Gasteiger partial charge in [0.25, 0.3) is 5.56 Å². The van der Waals surface area contributed by atoms with Crippen molar-refractivity contribution in [3.8, 4) is 5.75 Å². The van der Waals surface area contributed by atoms with Crippen LogP contribution in [0.1, 0.15) is 18.4 Å². The maximum atomic E-state index is 12.5. The molecule has 0 amide bonds. The number of aromatic amines is 1. The Morgan fingerprint density at radius 3 is 3.04 bits per heavy atom. The summed E-state index contributed by atoms with van der Waals surface area (Å²) < 4.78 is 10.8. The molecule has 0 aliphatic carbocycles. The molecule has 0 unspecified atom stereocenters. The molecule has 0 radical (unpaired) electrons. The van der Waals surface area contributed by atoms with Gasteiger partial charge in [0.15, 0.2) is 5.11 Å². The van der Waals surface area contributed by atoms with Gasteiger partial charge in [-0.25, -0.2) is 0 Å². The number of aliphatic hydroxyl groups is 1. The van der Waals surface area contributed by atoms with Crippen molar-refractivity contribution >= 4 is 28.2 Å². The number of rotatable bonds is 7. The van der Waals surface area contributed by atoms with Crippen LogP contribution in [0.5, 0.6) is 5.75 Å². The molecule has 1 aromatic carbocycles. The normalized spacial score (nSPS) is 16.4. The number of thiocarbonyl (C=S) groups is 1. The summed E-state index contributed by atoms with van der Waals surface area (Å²) in [6, 6.07) is 7.34. The smallest absolute Gasteiger partial charge is 0.253 e. The predicted molar refractivity (Wildman–Crippen MR) is 108 cm³/mol. The average molecular weight is 391 g/mol. The Balaban J connectivity index is 1.75. The molecule has 1 fully saturated rings. The molecular weight excluding hydrogens is 366 g/mol. The van der Waals surface area contributed by atoms with Gasteiger partial charge < -0.3 is 29.8 Å². The Kier molecular flexibility index (Phi) is 6.65. The van der Waals surface area contributed by atoms with Crippen LogP contribution in [0.4, 0.5) is 0 Å². The second kappa shape index (κ2) is 9.16. The highest BCUT2D eigenvalue weighted by Gasteiger charge is 2.18. The fourth-order valence-corrected chi connectivity index (χ4v) is 3.41. The lowest BCUT2D eigenvalue weighted by Crippen LogP contribution is -2.44. The molecule has 0 spiro atoms. The molecule has 2 aromatic rings. The fourth-order valence-electron chi connectivity index (χ4n) is 3.17. The highest BCUT2D eigenvalue weighted by molar-refractivity contribution is 7.80. The van der Waals surface area contributed by atoms with Crippen molar-refractivity contribution in [1.82, 2.24) is 15.2 Å². The van der Waals surface area contributed by atoms with Gasteiger partial charge in [0.05, 0.1) is 26.4 Å². The van der Waals surface area contributed by atoms with Gasteiger partial charge in [0.2, 0.25) is 0 Å². The summed E-state index contributed by atoms with van der Waals surface area (Å²) >= 11 is 5.47. The van der Waals surface area contributed by atoms with Crippen molar-refractivity contribution in [3.63, 3.8) is 0 Å². The van der Waals surface area contributed by atoms with E-state index in [1.807, 2.05) is 18.2 Å². The van der Waals surface area contributed by atoms with E-state index in [1.165, 1.54) is 0 Å². The van der Waals surface area contributed by atoms with Gasteiger partial charge in [0, 0.05) is 36.2 Å². The molecule has 7 nitrogen and oxygen atoms in total. The SMILES string of the molecule is COc1ccc2[nH]c(=O)c(CN(CCO)C(=S)NC[C@@H]3CCCO3)cc2c1. The van der Waals surface area contributed by atoms with E-state index in [4.69, 9.17) is 21.7 Å². The van der Waals surface area contributed by atoms with E-state index in [1.54, 1.807) is 18.1 Å². The van der Waals surface area contributed by atoms with Gasteiger partial charge in [-0.1, -0.05) is 0 Å². The second-order valence-corrected chi connectivity index (χ2v) is 6.93. The highest BCUT2D eigenvalue weighted by Crippen LogP contribution is 2.19. The Hall–Kier alpha value is -2.16. The summed E-state index contributed by atoms with van der Waals surface area (Å²) in [6.07, 6.45) is 2.24. The number of methoxy groups -OCH3 is 1. The van der Waals surface area contributed by atoms with Gasteiger partial charge >= 0.3 is 0 Å². The topological polar surface area (TPSA) is 86.8 Å². The Morgan fingerprint density at radius 1 is 1.48 bits per heavy atom. The monoisotopic (exact) mass is 391 g/mol. The number of nitrogens with one attached hydrogen (secondary N) is 2. The number of hydrogen-bond donors (Lipinski definition) is 3. The number of H-pyrrole nitrogens is 1. The summed E-state index contributed by atoms with van der Waals surface area (Å²) in [7, 11) is 1.61. The van der Waals surface area contributed by atoms with Gasteiger partial charge in [-0.3, -0.25) is 4.79 Å². The molecule has 0 bridgehead atoms. The van der Waals surface area contributed by atoms with Crippen molar-refractivity contribution in [2.75, 3.05) is 33.4 Å². The van der Waals surface area contributed by atoms with Gasteiger partial charge in [-0.05, 0) is 49.3 Å². The zero-order valence-corrected chi connectivity index (χ0v) is 16.2. The first-order valence-electron chi connectivity index (χ1n) is 9.06. The molecule has 8 heteroatoms. The van der Waals surface area contributed by atoms with Crippen LogP contribution in [-0.4, -0.2) is 59.6 Å². The molecule has 146 valence electrons. The van der Waals surface area contributed by atoms with Crippen LogP contribution in [0, 0.1) is 0 Å². The third-order valence-corrected chi connectivity index (χ3v) is 5.05. The van der Waals surface area contributed by atoms with E-state index in [9.17, 15) is 9.90 Å². The number of benzene rings is 1. The van der Waals surface area contributed by atoms with Crippen LogP contribution >= 0.6 is 12.2 Å². The first-order valence-corrected chi connectivity index (χ1v) is 9.46. The van der Waals surface area contributed by atoms with Crippen molar-refractivity contribution in [3.05, 3.63) is 40.2 Å². The zero-order valence-electron chi connectivity index (χ0n) is 15.4. The summed E-state index contributed by atoms with van der Waals surface area (Å²) in [5.41, 5.74) is 1.15. The molecule has 27 heavy (non-hydrogen) atoms. The minimum absolute atomic E-state index is 0.0545. The minimum atomic E-state index is -0.169. The standard InChI is InChI=1S/C19H25N3O4S/c1-25-15-4-5-17-13(10-15)9-14(18(24)21-17)12-22(6-7-23)19(27)20-11-16-3-2-8-26-16/h4-5,9-10,16,23H,2-3,6-8,11-12H2,1H3,(H,20,27)(H,21,24)/t16-/m0/s1. The first kappa shape index (κ1) is 19.6. The number of fused-ring (bicyclic) bond motifs is 1. The van der Waals surface area contributed by atoms with Crippen molar-refractivity contribution in [2.24, 2.45) is 0 Å². The fraction of sp³-hybridized carbons (Fsp3) is 0.474. The van der Waals surface area contributed by atoms with Crippen LogP contribution in [0.25, 0.3) is 10.9 Å². The molecule has 0 saturated carbocycles. The van der Waals surface area contributed by atoms with Crippen LogP contribution in [0.2, 0.25) is 0 Å². The van der Waals surface area contributed by atoms with Crippen LogP contribution in [0.3, 0.4) is 0 Å². The van der Waals surface area contributed by atoms with Gasteiger partial charge in [-0.15, -0.1) is 0 Å². The Morgan fingerprint density at radius 2 is 2.33 bits per heavy atom. The van der Waals surface area contributed by atoms with E-state index in [-0.39, 0.29) is 18.3 Å². The largest absolute Gasteiger partial charge is 0.497 e. The lowest BCUT2D eigenvalue weighted by atomic mass is 10.1. The average Bonchev–Trinajstić information content (AvgIpc) is 3.19. The minimum Gasteiger partial charge on any atom is -0.497 e. The molecule has 3 rings (SSSR count). The van der Waals surface area contributed by atoms with Gasteiger partial charge in [-0.2, -0.15) is 0 Å². The molecule has 1 aromatic heterocycles. The quantitative estimate of drug-likeness (QED) is 0.615. The zero-order chi connectivity index (χ0) is 19.2. The highest BCUT2D eigenvalue weighted by atomic mass is 32.1. The van der Waals surface area contributed by atoms with Crippen molar-refractivity contribution < 1.29 is 14.6 Å². The summed E-state index contributed by atoms with van der Waals surface area (Å²) in [4.78, 5) is 17.1. The molecule has 1 aliphatic rings. The summed E-state index contributed by atoms with van der Waals surface area (Å²) in [5, 5.41) is 14.0. The van der Waals surface area contributed by atoms with Crippen LogP contribution in [-0.2, 0) is 11.3 Å². The number of pyridine rings is 1. The third-order valence-electron chi connectivity index (χ3n) is 4.65. The number of aliphatic hydroxyl groups excluding tert-OH is 1. The van der Waals surface area contributed by atoms with E-state index in [2.05, 4.69) is 10.3 Å². The number of ether oxygens (including phenoxy) is 2. The maximum absolute atomic E-state index is 12.5. The molecule has 3 N–H and O–H groups in total. The lowest BCUT2D eigenvalue weighted by molar-refractivity contribution is 0.113. The predicted octanol–water partition coefficient (Wildman–Crippen LogP) is 1.38. The Bertz CT molecular complexity index is 848. The van der Waals surface area contributed by atoms with E-state index in [0.29, 0.717) is 30.3 Å². The molecule has 2 heterocycles. The summed E-state index contributed by atoms with van der Waals surface area (Å²) in [5.74, 6) is 0.724. The van der Waals surface area contributed by atoms with Crippen LogP contribution in [0.15, 0.2) is 29.1 Å². The molecule has 1 aliphatic heterocycles. The maximum Gasteiger partial charge on any atom is 0.253 e. The van der Waals surface area contributed by atoms with Crippen molar-refractivity contribution in [2.45, 2.75) is 25.5 Å². The first-order chi connectivity index (χ1) is 13.1.